The van der Waals surface area contributed by atoms with Crippen LogP contribution in [0.2, 0.25) is 0 Å². The molecule has 10 heteroatoms. The van der Waals surface area contributed by atoms with Crippen LogP contribution in [-0.2, 0) is 0 Å². The fourth-order valence-electron chi connectivity index (χ4n) is 20.0. The zero-order valence-electron chi connectivity index (χ0n) is 77.7. The molecule has 9 aromatic rings. The molecule has 0 aliphatic heterocycles. The number of aromatic nitrogens is 4. The molecule has 0 bridgehead atoms. The summed E-state index contributed by atoms with van der Waals surface area (Å²) in [6, 6.07) is 55.6. The molecule has 5 aromatic carbocycles. The number of benzene rings is 5. The molecule has 0 radical (unpaired) electrons. The second-order valence-electron chi connectivity index (χ2n) is 36.6. The average Bonchev–Trinajstić information content (AvgIpc) is 0.778. The first kappa shape index (κ1) is 96.1. The molecule has 2 aliphatic carbocycles. The van der Waals surface area contributed by atoms with Crippen LogP contribution in [0.5, 0.6) is 34.5 Å². The SMILES string of the molecule is CCCCOc1cc(-c2ccc(C3CCCCC(c4ccncc4)CCCCC(c4c(OCCCC)cccc4OCCCC)CCCCC(c4ccncc4)CCCC3)cc2)c(OCCCC)cc1-c1ccc(C2CCCCC(c3ccncc3)CCCCC(c3c(OCCCC)cccc3OCCCC)CCCCC(c3ccncc3)CCCC2)cc1. The quantitative estimate of drug-likeness (QED) is 0.0362. The van der Waals surface area contributed by atoms with Gasteiger partial charge < -0.3 is 28.4 Å². The lowest BCUT2D eigenvalue weighted by Crippen LogP contribution is -2.10. The van der Waals surface area contributed by atoms with Crippen molar-refractivity contribution in [2.45, 2.75) is 371 Å². The van der Waals surface area contributed by atoms with Crippen molar-refractivity contribution < 1.29 is 28.4 Å². The highest BCUT2D eigenvalue weighted by molar-refractivity contribution is 5.81. The van der Waals surface area contributed by atoms with Crippen molar-refractivity contribution in [2.24, 2.45) is 0 Å². The van der Waals surface area contributed by atoms with Gasteiger partial charge in [-0.3, -0.25) is 19.9 Å². The van der Waals surface area contributed by atoms with E-state index >= 15 is 0 Å². The first-order valence-electron chi connectivity index (χ1n) is 50.4. The third kappa shape index (κ3) is 31.5. The molecule has 670 valence electrons. The summed E-state index contributed by atoms with van der Waals surface area (Å²) in [6.45, 7) is 17.8. The van der Waals surface area contributed by atoms with E-state index in [-0.39, 0.29) is 0 Å². The van der Waals surface area contributed by atoms with Gasteiger partial charge in [0.2, 0.25) is 0 Å². The summed E-state index contributed by atoms with van der Waals surface area (Å²) in [5.74, 6) is 9.74. The number of hydrogen-bond donors (Lipinski definition) is 0. The van der Waals surface area contributed by atoms with Crippen molar-refractivity contribution >= 4 is 0 Å². The van der Waals surface area contributed by atoms with Gasteiger partial charge >= 0.3 is 0 Å². The van der Waals surface area contributed by atoms with E-state index in [1.54, 1.807) is 0 Å². The maximum Gasteiger partial charge on any atom is 0.128 e. The monoisotopic (exact) mass is 1680 g/mol. The Bertz CT molecular complexity index is 3840. The predicted octanol–water partition coefficient (Wildman–Crippen LogP) is 33.1. The first-order chi connectivity index (χ1) is 61.4. The molecule has 2 saturated carbocycles. The lowest BCUT2D eigenvalue weighted by molar-refractivity contribution is 0.281. The summed E-state index contributed by atoms with van der Waals surface area (Å²) < 4.78 is 40.8. The number of pyridine rings is 4. The molecule has 11 rings (SSSR count). The zero-order chi connectivity index (χ0) is 86.1. The molecule has 4 aromatic heterocycles. The second kappa shape index (κ2) is 56.6. The van der Waals surface area contributed by atoms with E-state index in [1.165, 1.54) is 235 Å². The van der Waals surface area contributed by atoms with E-state index < -0.39 is 0 Å². The molecule has 2 aliphatic rings. The lowest BCUT2D eigenvalue weighted by atomic mass is 9.82. The van der Waals surface area contributed by atoms with Crippen molar-refractivity contribution in [1.82, 2.24) is 19.9 Å². The highest BCUT2D eigenvalue weighted by atomic mass is 16.5. The molecule has 124 heavy (non-hydrogen) atoms. The Kier molecular flexibility index (Phi) is 43.8. The summed E-state index contributed by atoms with van der Waals surface area (Å²) in [7, 11) is 0. The van der Waals surface area contributed by atoms with Crippen molar-refractivity contribution in [3.8, 4) is 56.8 Å². The summed E-state index contributed by atoms with van der Waals surface area (Å²) in [5.41, 5.74) is 15.9. The summed E-state index contributed by atoms with van der Waals surface area (Å²) in [5, 5.41) is 0. The van der Waals surface area contributed by atoms with Gasteiger partial charge in [0.1, 0.15) is 34.5 Å². The fraction of sp³-hybridized carbons (Fsp3) is 0.561. The molecular formula is C114H158N4O6. The van der Waals surface area contributed by atoms with Gasteiger partial charge in [-0.15, -0.1) is 0 Å². The Morgan fingerprint density at radius 1 is 0.210 bits per heavy atom. The summed E-state index contributed by atoms with van der Waals surface area (Å²) >= 11 is 0. The van der Waals surface area contributed by atoms with Gasteiger partial charge in [-0.05, 0) is 318 Å². The van der Waals surface area contributed by atoms with E-state index in [0.29, 0.717) is 60.6 Å². The van der Waals surface area contributed by atoms with Gasteiger partial charge in [-0.25, -0.2) is 0 Å². The van der Waals surface area contributed by atoms with E-state index in [1.807, 2.05) is 49.6 Å². The van der Waals surface area contributed by atoms with Gasteiger partial charge in [0, 0.05) is 71.8 Å². The third-order valence-electron chi connectivity index (χ3n) is 27.4. The van der Waals surface area contributed by atoms with Crippen LogP contribution in [0.1, 0.15) is 416 Å². The third-order valence-corrected chi connectivity index (χ3v) is 27.4. The number of unbranched alkanes of at least 4 members (excludes halogenated alkanes) is 6. The van der Waals surface area contributed by atoms with Crippen LogP contribution in [0.3, 0.4) is 0 Å². The molecule has 0 spiro atoms. The van der Waals surface area contributed by atoms with Gasteiger partial charge in [0.25, 0.3) is 0 Å². The van der Waals surface area contributed by atoms with Crippen molar-refractivity contribution in [3.63, 3.8) is 0 Å². The van der Waals surface area contributed by atoms with Crippen molar-refractivity contribution in [2.75, 3.05) is 39.6 Å². The Morgan fingerprint density at radius 3 is 0.581 bits per heavy atom. The number of hydrogen-bond acceptors (Lipinski definition) is 10. The summed E-state index contributed by atoms with van der Waals surface area (Å²) in [4.78, 5) is 18.0. The zero-order valence-corrected chi connectivity index (χ0v) is 77.7. The minimum absolute atomic E-state index is 0.378. The second-order valence-corrected chi connectivity index (χ2v) is 36.6. The van der Waals surface area contributed by atoms with Crippen LogP contribution in [0.15, 0.2) is 195 Å². The van der Waals surface area contributed by atoms with Crippen LogP contribution in [-0.4, -0.2) is 59.6 Å². The van der Waals surface area contributed by atoms with Crippen LogP contribution in [0.25, 0.3) is 22.3 Å². The van der Waals surface area contributed by atoms with Gasteiger partial charge in [-0.2, -0.15) is 0 Å². The largest absolute Gasteiger partial charge is 0.493 e. The molecule has 10 nitrogen and oxygen atoms in total. The van der Waals surface area contributed by atoms with Crippen LogP contribution in [0, 0.1) is 0 Å². The average molecular weight is 1680 g/mol. The lowest BCUT2D eigenvalue weighted by Gasteiger charge is -2.25. The Hall–Kier alpha value is -8.50. The predicted molar refractivity (Wildman–Crippen MR) is 519 cm³/mol. The minimum Gasteiger partial charge on any atom is -0.493 e. The van der Waals surface area contributed by atoms with Crippen molar-refractivity contribution in [3.05, 3.63) is 240 Å². The van der Waals surface area contributed by atoms with E-state index in [0.717, 1.165) is 175 Å². The van der Waals surface area contributed by atoms with Crippen LogP contribution < -0.4 is 28.4 Å². The Balaban J connectivity index is 0.820. The molecule has 4 atom stereocenters. The first-order valence-corrected chi connectivity index (χ1v) is 50.4. The maximum atomic E-state index is 6.99. The molecule has 2 fully saturated rings. The van der Waals surface area contributed by atoms with E-state index in [2.05, 4.69) is 207 Å². The van der Waals surface area contributed by atoms with Gasteiger partial charge in [0.15, 0.2) is 0 Å². The van der Waals surface area contributed by atoms with Crippen LogP contribution >= 0.6 is 0 Å². The topological polar surface area (TPSA) is 107 Å². The van der Waals surface area contributed by atoms with E-state index in [9.17, 15) is 0 Å². The molecule has 0 saturated heterocycles. The van der Waals surface area contributed by atoms with Crippen LogP contribution in [0.4, 0.5) is 0 Å². The molecule has 0 amide bonds. The Labute approximate surface area is 751 Å². The molecular weight excluding hydrogens is 1520 g/mol. The summed E-state index contributed by atoms with van der Waals surface area (Å²) in [6.07, 6.45) is 66.8. The maximum absolute atomic E-state index is 6.99. The van der Waals surface area contributed by atoms with E-state index in [4.69, 9.17) is 28.4 Å². The number of rotatable bonds is 34. The standard InChI is InChI=1S/C114H158N4O6/c1-7-13-81-119-107-53-35-54-108(120-82-14-8-2)113(107)103-49-31-27-45-91(97-65-73-115-74-66-97)41-23-19-37-89(38-20-24-42-92(46-28-32-50-103)98-67-75-116-76-68-98)95-57-61-101(62-58-95)105-87-112(124-86-18-12-6)106(88-111(105)123-85-17-11-5)102-63-59-96(60-64-102)90-39-21-25-43-93(99-69-77-117-78-70-99)47-29-33-51-104(52-34-30-48-94(44-26-22-40-90)100-71-79-118-80-72-100)114-109(121-83-15-9-3)55-36-56-110(114)122-84-16-10-4/h35-36,53-80,87-94,103-104H,7-34,37-52,81-86H2,1-6H3. The smallest absolute Gasteiger partial charge is 0.128 e. The highest BCUT2D eigenvalue weighted by Crippen LogP contribution is 2.48. The Morgan fingerprint density at radius 2 is 0.387 bits per heavy atom. The highest BCUT2D eigenvalue weighted by Gasteiger charge is 2.28. The fourth-order valence-corrected chi connectivity index (χ4v) is 20.0. The molecule has 0 N–H and O–H groups in total. The number of ether oxygens (including phenoxy) is 6. The van der Waals surface area contributed by atoms with Gasteiger partial charge in [-0.1, -0.05) is 243 Å². The number of nitrogens with zero attached hydrogens (tertiary/aromatic N) is 4. The van der Waals surface area contributed by atoms with Crippen molar-refractivity contribution in [1.29, 1.82) is 0 Å². The normalized spacial score (nSPS) is 20.4. The molecule has 4 unspecified atom stereocenters. The molecule has 4 heterocycles. The minimum atomic E-state index is 0.378. The van der Waals surface area contributed by atoms with Gasteiger partial charge in [0.05, 0.1) is 39.6 Å².